The predicted octanol–water partition coefficient (Wildman–Crippen LogP) is 3.53. The number of esters is 1. The van der Waals surface area contributed by atoms with Crippen LogP contribution in [-0.4, -0.2) is 48.4 Å². The summed E-state index contributed by atoms with van der Waals surface area (Å²) in [5.41, 5.74) is 2.25. The van der Waals surface area contributed by atoms with E-state index in [1.165, 1.54) is 39.0 Å². The van der Waals surface area contributed by atoms with Gasteiger partial charge in [-0.25, -0.2) is 14.2 Å². The molecule has 0 aliphatic heterocycles. The van der Waals surface area contributed by atoms with Crippen LogP contribution >= 0.6 is 23.2 Å². The molecular formula is C28H31Cl2N7O9. The Labute approximate surface area is 271 Å². The van der Waals surface area contributed by atoms with E-state index in [0.717, 1.165) is 4.68 Å². The van der Waals surface area contributed by atoms with Crippen molar-refractivity contribution in [2.45, 2.75) is 79.0 Å². The number of rotatable bonds is 10. The highest BCUT2D eigenvalue weighted by Crippen LogP contribution is 2.38. The van der Waals surface area contributed by atoms with Gasteiger partial charge in [0.05, 0.1) is 21.8 Å². The monoisotopic (exact) mass is 679 g/mol. The van der Waals surface area contributed by atoms with Crippen molar-refractivity contribution >= 4 is 35.3 Å². The molecule has 0 fully saturated rings. The molecule has 0 bridgehead atoms. The second kappa shape index (κ2) is 14.6. The fourth-order valence-corrected chi connectivity index (χ4v) is 4.43. The van der Waals surface area contributed by atoms with Crippen molar-refractivity contribution in [3.8, 4) is 23.4 Å². The van der Waals surface area contributed by atoms with Crippen molar-refractivity contribution in [2.24, 2.45) is 5.73 Å². The highest BCUT2D eigenvalue weighted by atomic mass is 35.5. The fraction of sp³-hybridized carbons (Fsp3) is 0.429. The zero-order valence-electron chi connectivity index (χ0n) is 25.8. The molecule has 0 saturated heterocycles. The Morgan fingerprint density at radius 2 is 1.50 bits per heavy atom. The van der Waals surface area contributed by atoms with Crippen molar-refractivity contribution in [3.05, 3.63) is 70.7 Å². The minimum atomic E-state index is -1.45. The molecule has 3 atom stereocenters. The molecule has 2 N–H and O–H groups in total. The summed E-state index contributed by atoms with van der Waals surface area (Å²) < 4.78 is 23.2. The van der Waals surface area contributed by atoms with Crippen LogP contribution in [0.4, 0.5) is 4.79 Å². The molecule has 0 aliphatic carbocycles. The summed E-state index contributed by atoms with van der Waals surface area (Å²) in [6, 6.07) is 4.33. The van der Waals surface area contributed by atoms with Crippen LogP contribution in [0, 0.1) is 11.3 Å². The van der Waals surface area contributed by atoms with E-state index in [0.29, 0.717) is 9.25 Å². The van der Waals surface area contributed by atoms with Gasteiger partial charge in [-0.1, -0.05) is 37.0 Å². The summed E-state index contributed by atoms with van der Waals surface area (Å²) in [6.07, 6.45) is -4.11. The topological polar surface area (TPSA) is 213 Å². The van der Waals surface area contributed by atoms with Crippen LogP contribution in [0.15, 0.2) is 32.6 Å². The molecule has 3 aromatic rings. The molecule has 2 heterocycles. The fourth-order valence-electron chi connectivity index (χ4n) is 3.87. The molecule has 0 spiro atoms. The Kier molecular flexibility index (Phi) is 11.3. The van der Waals surface area contributed by atoms with Crippen LogP contribution in [-0.2, 0) is 19.0 Å². The highest BCUT2D eigenvalue weighted by Gasteiger charge is 2.25. The third kappa shape index (κ3) is 7.91. The van der Waals surface area contributed by atoms with Gasteiger partial charge in [0.1, 0.15) is 12.1 Å². The number of nitrogens with two attached hydrogens (primary N) is 1. The van der Waals surface area contributed by atoms with Crippen LogP contribution < -0.4 is 27.3 Å². The summed E-state index contributed by atoms with van der Waals surface area (Å²) in [7, 11) is 0. The molecule has 0 saturated carbocycles. The van der Waals surface area contributed by atoms with Crippen LogP contribution in [0.2, 0.25) is 10.0 Å². The molecular weight excluding hydrogens is 649 g/mol. The second-order valence-corrected chi connectivity index (χ2v) is 11.3. The van der Waals surface area contributed by atoms with Gasteiger partial charge >= 0.3 is 17.8 Å². The van der Waals surface area contributed by atoms with Gasteiger partial charge in [-0.3, -0.25) is 14.4 Å². The first-order valence-electron chi connectivity index (χ1n) is 13.8. The molecule has 2 aromatic heterocycles. The molecule has 0 aliphatic rings. The van der Waals surface area contributed by atoms with Crippen molar-refractivity contribution in [1.29, 1.82) is 5.26 Å². The summed E-state index contributed by atoms with van der Waals surface area (Å²) >= 11 is 13.0. The lowest BCUT2D eigenvalue weighted by molar-refractivity contribution is -0.154. The number of hydrogen-bond donors (Lipinski definition) is 1. The molecule has 46 heavy (non-hydrogen) atoms. The van der Waals surface area contributed by atoms with Crippen molar-refractivity contribution in [3.63, 3.8) is 0 Å². The molecule has 16 nitrogen and oxygen atoms in total. The zero-order chi connectivity index (χ0) is 34.6. The average Bonchev–Trinajstić information content (AvgIpc) is 2.94. The number of aromatic nitrogens is 5. The van der Waals surface area contributed by atoms with Crippen molar-refractivity contribution in [1.82, 2.24) is 24.1 Å². The number of ether oxygens (including phenoxy) is 4. The number of halogens is 2. The molecule has 246 valence electrons. The number of nitriles is 1. The predicted molar refractivity (Wildman–Crippen MR) is 163 cm³/mol. The average molecular weight is 681 g/mol. The summed E-state index contributed by atoms with van der Waals surface area (Å²) in [5, 5.41) is 17.1. The molecule has 0 amide bonds. The van der Waals surface area contributed by atoms with Gasteiger partial charge < -0.3 is 24.7 Å². The lowest BCUT2D eigenvalue weighted by Crippen LogP contribution is -2.45. The van der Waals surface area contributed by atoms with Gasteiger partial charge in [0.2, 0.25) is 11.6 Å². The lowest BCUT2D eigenvalue weighted by Gasteiger charge is -2.19. The van der Waals surface area contributed by atoms with E-state index in [1.54, 1.807) is 33.8 Å². The Hall–Kier alpha value is -4.72. The van der Waals surface area contributed by atoms with Crippen LogP contribution in [0.25, 0.3) is 5.69 Å². The lowest BCUT2D eigenvalue weighted by atomic mass is 10.1. The summed E-state index contributed by atoms with van der Waals surface area (Å²) in [4.78, 5) is 63.3. The molecule has 18 heteroatoms. The van der Waals surface area contributed by atoms with Gasteiger partial charge in [-0.2, -0.15) is 14.6 Å². The number of hydrogen-bond acceptors (Lipinski definition) is 13. The summed E-state index contributed by atoms with van der Waals surface area (Å²) in [6.45, 7) is 10.8. The van der Waals surface area contributed by atoms with Gasteiger partial charge in [0.25, 0.3) is 11.1 Å². The van der Waals surface area contributed by atoms with E-state index >= 15 is 0 Å². The van der Waals surface area contributed by atoms with E-state index in [-0.39, 0.29) is 38.8 Å². The van der Waals surface area contributed by atoms with Gasteiger partial charge in [-0.05, 0) is 52.7 Å². The van der Waals surface area contributed by atoms with Crippen molar-refractivity contribution < 1.29 is 28.5 Å². The van der Waals surface area contributed by atoms with E-state index in [2.05, 4.69) is 10.2 Å². The van der Waals surface area contributed by atoms with Gasteiger partial charge in [0, 0.05) is 11.6 Å². The maximum absolute atomic E-state index is 13.3. The zero-order valence-corrected chi connectivity index (χ0v) is 27.3. The second-order valence-electron chi connectivity index (χ2n) is 10.5. The first-order chi connectivity index (χ1) is 21.5. The van der Waals surface area contributed by atoms with E-state index in [1.807, 2.05) is 0 Å². The SMILES string of the molecule is CC(C)OC(=O)OC(C)n1nc(Oc2c(Cl)cc(-n3nc(C#N)c(=O)n(C(C)OC(=O)[C@H](C)N)c3=O)cc2Cl)cc(C(C)C)c1=O. The van der Waals surface area contributed by atoms with E-state index in [9.17, 15) is 29.2 Å². The highest BCUT2D eigenvalue weighted by molar-refractivity contribution is 6.37. The van der Waals surface area contributed by atoms with E-state index in [4.69, 9.17) is 47.9 Å². The Bertz CT molecular complexity index is 1850. The maximum Gasteiger partial charge on any atom is 0.510 e. The normalized spacial score (nSPS) is 13.1. The van der Waals surface area contributed by atoms with Crippen LogP contribution in [0.1, 0.15) is 78.1 Å². The maximum atomic E-state index is 13.3. The quantitative estimate of drug-likeness (QED) is 0.304. The molecule has 1 aromatic carbocycles. The smallest absolute Gasteiger partial charge is 0.440 e. The van der Waals surface area contributed by atoms with E-state index < -0.39 is 59.2 Å². The van der Waals surface area contributed by atoms with Gasteiger partial charge in [0.15, 0.2) is 18.2 Å². The number of carbonyl (C=O) groups is 2. The molecule has 0 radical (unpaired) electrons. The minimum Gasteiger partial charge on any atom is -0.440 e. The van der Waals surface area contributed by atoms with Crippen molar-refractivity contribution in [2.75, 3.05) is 0 Å². The molecule has 2 unspecified atom stereocenters. The number of benzene rings is 1. The van der Waals surface area contributed by atoms with Gasteiger partial charge in [-0.15, -0.1) is 10.2 Å². The Morgan fingerprint density at radius 3 is 2.02 bits per heavy atom. The number of carbonyl (C=O) groups excluding carboxylic acids is 2. The summed E-state index contributed by atoms with van der Waals surface area (Å²) in [5.74, 6) is -1.49. The Balaban J connectivity index is 2.09. The minimum absolute atomic E-state index is 0.0881. The third-order valence-corrected chi connectivity index (χ3v) is 6.64. The first kappa shape index (κ1) is 35.8. The largest absolute Gasteiger partial charge is 0.510 e. The van der Waals surface area contributed by atoms with Crippen LogP contribution in [0.5, 0.6) is 11.6 Å². The molecule has 3 rings (SSSR count). The standard InChI is InChI=1S/C28H31Cl2N7O9/c1-12(2)18-10-22(34-36(24(18)38)16(7)45-28(42)43-13(3)4)46-23-19(29)8-17(9-20(23)30)37-27(41)35(25(39)21(11-31)33-37)15(6)44-26(40)14(5)32/h8-10,12-16H,32H2,1-7H3/t14-,15?,16?/m0/s1. The third-order valence-electron chi connectivity index (χ3n) is 6.08. The Morgan fingerprint density at radius 1 is 0.891 bits per heavy atom. The number of nitrogens with zero attached hydrogens (tertiary/aromatic N) is 6. The first-order valence-corrected chi connectivity index (χ1v) is 14.5. The van der Waals surface area contributed by atoms with Crippen LogP contribution in [0.3, 0.4) is 0 Å².